The topological polar surface area (TPSA) is 58.3 Å². The molecule has 4 aliphatic rings. The van der Waals surface area contributed by atoms with Gasteiger partial charge in [0.15, 0.2) is 5.16 Å². The van der Waals surface area contributed by atoms with E-state index >= 15 is 0 Å². The summed E-state index contributed by atoms with van der Waals surface area (Å²) in [7, 11) is 2.03. The van der Waals surface area contributed by atoms with Crippen molar-refractivity contribution in [1.82, 2.24) is 9.55 Å². The highest BCUT2D eigenvalue weighted by atomic mass is 32.2. The molecule has 4 nitrogen and oxygen atoms in total. The quantitative estimate of drug-likeness (QED) is 0.702. The number of aromatic nitrogens is 2. The normalized spacial score (nSPS) is 49.3. The van der Waals surface area contributed by atoms with E-state index in [-0.39, 0.29) is 11.5 Å². The number of fused-ring (bicyclic) bond motifs is 5. The van der Waals surface area contributed by atoms with Crippen LogP contribution < -0.4 is 0 Å². The van der Waals surface area contributed by atoms with E-state index < -0.39 is 5.60 Å². The number of aryl methyl sites for hydroxylation is 1. The lowest BCUT2D eigenvalue weighted by Crippen LogP contribution is -2.57. The Morgan fingerprint density at radius 1 is 1.10 bits per heavy atom. The SMILES string of the molecule is Cn1ccnc1SC[C@@]1(O)CC[C@@H]2[C@@H]3CC[C@H]4C[C@H](O)CC[C@]4(C)[C@H]3CC[C@]21C. The van der Waals surface area contributed by atoms with Crippen molar-refractivity contribution < 1.29 is 10.2 Å². The molecule has 1 aromatic heterocycles. The van der Waals surface area contributed by atoms with Crippen molar-refractivity contribution >= 4 is 11.8 Å². The summed E-state index contributed by atoms with van der Waals surface area (Å²) in [5.41, 5.74) is -0.143. The summed E-state index contributed by atoms with van der Waals surface area (Å²) in [5, 5.41) is 23.1. The Hall–Kier alpha value is -0.520. The number of imidazole rings is 1. The monoisotopic (exact) mass is 418 g/mol. The van der Waals surface area contributed by atoms with Crippen molar-refractivity contribution in [2.24, 2.45) is 41.5 Å². The molecule has 0 bridgehead atoms. The first-order valence-electron chi connectivity index (χ1n) is 11.8. The molecule has 0 saturated heterocycles. The van der Waals surface area contributed by atoms with Crippen molar-refractivity contribution in [2.45, 2.75) is 88.5 Å². The molecule has 4 aliphatic carbocycles. The van der Waals surface area contributed by atoms with Crippen LogP contribution in [0.15, 0.2) is 17.6 Å². The maximum absolute atomic E-state index is 11.9. The third kappa shape index (κ3) is 2.97. The number of nitrogens with zero attached hydrogens (tertiary/aromatic N) is 2. The third-order valence-electron chi connectivity index (χ3n) is 10.2. The van der Waals surface area contributed by atoms with Crippen LogP contribution in [0.25, 0.3) is 0 Å². The third-order valence-corrected chi connectivity index (χ3v) is 11.5. The van der Waals surface area contributed by atoms with Gasteiger partial charge in [0, 0.05) is 30.6 Å². The Morgan fingerprint density at radius 2 is 1.90 bits per heavy atom. The number of thioether (sulfide) groups is 1. The minimum atomic E-state index is -0.584. The number of aliphatic hydroxyl groups excluding tert-OH is 1. The molecule has 0 radical (unpaired) electrons. The predicted molar refractivity (Wildman–Crippen MR) is 117 cm³/mol. The highest BCUT2D eigenvalue weighted by Gasteiger charge is 2.64. The van der Waals surface area contributed by atoms with Gasteiger partial charge in [-0.05, 0) is 86.9 Å². The summed E-state index contributed by atoms with van der Waals surface area (Å²) in [6.45, 7) is 4.94. The van der Waals surface area contributed by atoms with E-state index in [1.807, 2.05) is 19.4 Å². The molecular weight excluding hydrogens is 380 g/mol. The largest absolute Gasteiger partial charge is 0.393 e. The zero-order valence-corrected chi connectivity index (χ0v) is 19.1. The molecule has 5 rings (SSSR count). The molecule has 8 atom stereocenters. The van der Waals surface area contributed by atoms with Gasteiger partial charge in [-0.25, -0.2) is 4.98 Å². The van der Waals surface area contributed by atoms with Gasteiger partial charge in [0.05, 0.1) is 11.7 Å². The summed E-state index contributed by atoms with van der Waals surface area (Å²) in [6, 6.07) is 0. The molecule has 4 saturated carbocycles. The van der Waals surface area contributed by atoms with Crippen LogP contribution in [0, 0.1) is 34.5 Å². The van der Waals surface area contributed by atoms with Crippen LogP contribution in [0.2, 0.25) is 0 Å². The van der Waals surface area contributed by atoms with Crippen molar-refractivity contribution in [3.63, 3.8) is 0 Å². The van der Waals surface area contributed by atoms with Crippen molar-refractivity contribution in [2.75, 3.05) is 5.75 Å². The average molecular weight is 419 g/mol. The summed E-state index contributed by atoms with van der Waals surface area (Å²) in [5.74, 6) is 3.66. The second-order valence-corrected chi connectivity index (χ2v) is 12.2. The molecule has 1 aromatic rings. The number of hydrogen-bond donors (Lipinski definition) is 2. The molecule has 5 heteroatoms. The van der Waals surface area contributed by atoms with E-state index in [1.165, 1.54) is 32.1 Å². The lowest BCUT2D eigenvalue weighted by molar-refractivity contribution is -0.152. The zero-order chi connectivity index (χ0) is 20.4. The number of rotatable bonds is 3. The fourth-order valence-electron chi connectivity index (χ4n) is 8.26. The number of hydrogen-bond acceptors (Lipinski definition) is 4. The van der Waals surface area contributed by atoms with E-state index in [2.05, 4.69) is 23.4 Å². The molecule has 4 fully saturated rings. The van der Waals surface area contributed by atoms with Gasteiger partial charge in [0.2, 0.25) is 0 Å². The lowest BCUT2D eigenvalue weighted by atomic mass is 9.44. The molecule has 1 heterocycles. The van der Waals surface area contributed by atoms with Crippen LogP contribution in [0.1, 0.15) is 71.6 Å². The average Bonchev–Trinajstić information content (AvgIpc) is 3.22. The van der Waals surface area contributed by atoms with Crippen LogP contribution in [-0.2, 0) is 7.05 Å². The Bertz CT molecular complexity index is 768. The Labute approximate surface area is 179 Å². The highest BCUT2D eigenvalue weighted by molar-refractivity contribution is 7.99. The van der Waals surface area contributed by atoms with Crippen LogP contribution in [-0.4, -0.2) is 37.2 Å². The first-order valence-corrected chi connectivity index (χ1v) is 12.8. The molecule has 0 unspecified atom stereocenters. The van der Waals surface area contributed by atoms with Crippen LogP contribution in [0.4, 0.5) is 0 Å². The molecule has 2 N–H and O–H groups in total. The zero-order valence-electron chi connectivity index (χ0n) is 18.3. The fraction of sp³-hybridized carbons (Fsp3) is 0.875. The molecular formula is C24H38N2O2S. The van der Waals surface area contributed by atoms with Gasteiger partial charge in [-0.15, -0.1) is 0 Å². The molecule has 0 aromatic carbocycles. The van der Waals surface area contributed by atoms with E-state index in [4.69, 9.17) is 0 Å². The van der Waals surface area contributed by atoms with Crippen LogP contribution in [0.3, 0.4) is 0 Å². The number of aliphatic hydroxyl groups is 2. The second-order valence-electron chi connectivity index (χ2n) is 11.2. The van der Waals surface area contributed by atoms with Gasteiger partial charge < -0.3 is 14.8 Å². The molecule has 0 spiro atoms. The van der Waals surface area contributed by atoms with E-state index in [9.17, 15) is 10.2 Å². The van der Waals surface area contributed by atoms with E-state index in [0.29, 0.717) is 17.3 Å². The van der Waals surface area contributed by atoms with Gasteiger partial charge in [-0.2, -0.15) is 0 Å². The summed E-state index contributed by atoms with van der Waals surface area (Å²) in [4.78, 5) is 4.45. The fourth-order valence-corrected chi connectivity index (χ4v) is 9.50. The maximum Gasteiger partial charge on any atom is 0.167 e. The maximum atomic E-state index is 11.9. The van der Waals surface area contributed by atoms with E-state index in [0.717, 1.165) is 48.4 Å². The first kappa shape index (κ1) is 20.4. The minimum absolute atomic E-state index is 0.0315. The van der Waals surface area contributed by atoms with Crippen LogP contribution >= 0.6 is 11.8 Å². The van der Waals surface area contributed by atoms with Crippen molar-refractivity contribution in [3.8, 4) is 0 Å². The van der Waals surface area contributed by atoms with Gasteiger partial charge in [-0.1, -0.05) is 25.6 Å². The second kappa shape index (κ2) is 7.00. The molecule has 29 heavy (non-hydrogen) atoms. The predicted octanol–water partition coefficient (Wildman–Crippen LogP) is 4.65. The van der Waals surface area contributed by atoms with Crippen molar-refractivity contribution in [3.05, 3.63) is 12.4 Å². The highest BCUT2D eigenvalue weighted by Crippen LogP contribution is 2.68. The van der Waals surface area contributed by atoms with Crippen LogP contribution in [0.5, 0.6) is 0 Å². The summed E-state index contributed by atoms with van der Waals surface area (Å²) in [6.07, 6.45) is 14.1. The van der Waals surface area contributed by atoms with Gasteiger partial charge in [-0.3, -0.25) is 0 Å². The van der Waals surface area contributed by atoms with E-state index in [1.54, 1.807) is 11.8 Å². The van der Waals surface area contributed by atoms with Gasteiger partial charge in [0.1, 0.15) is 0 Å². The lowest BCUT2D eigenvalue weighted by Gasteiger charge is -2.61. The standard InChI is InChI=1S/C24H38N2O2S/c1-22-9-6-17(27)14-16(22)4-5-18-19(22)7-10-23(2)20(18)8-11-24(23,28)15-29-21-25-12-13-26(21)3/h12-13,16-20,27-28H,4-11,14-15H2,1-3H3/t16-,17+,18+,19-,20+,22-,23+,24-/m0/s1. The Morgan fingerprint density at radius 3 is 2.66 bits per heavy atom. The Kier molecular flexibility index (Phi) is 4.92. The Balaban J connectivity index is 1.36. The minimum Gasteiger partial charge on any atom is -0.393 e. The molecule has 0 aliphatic heterocycles. The van der Waals surface area contributed by atoms with Gasteiger partial charge in [0.25, 0.3) is 0 Å². The molecule has 162 valence electrons. The summed E-state index contributed by atoms with van der Waals surface area (Å²) < 4.78 is 2.05. The smallest absolute Gasteiger partial charge is 0.167 e. The summed E-state index contributed by atoms with van der Waals surface area (Å²) >= 11 is 1.73. The first-order chi connectivity index (χ1) is 13.8. The van der Waals surface area contributed by atoms with Gasteiger partial charge >= 0.3 is 0 Å². The van der Waals surface area contributed by atoms with Crippen molar-refractivity contribution in [1.29, 1.82) is 0 Å². The molecule has 0 amide bonds.